The van der Waals surface area contributed by atoms with Crippen LogP contribution in [0.3, 0.4) is 0 Å². The Morgan fingerprint density at radius 3 is 2.80 bits per heavy atom. The Bertz CT molecular complexity index is 531. The van der Waals surface area contributed by atoms with Crippen LogP contribution in [-0.4, -0.2) is 42.0 Å². The van der Waals surface area contributed by atoms with E-state index in [1.54, 1.807) is 12.0 Å². The van der Waals surface area contributed by atoms with E-state index in [0.29, 0.717) is 13.2 Å². The standard InChI is InChI=1S/C13H15ClN2O4/c1-20-7-6-15(9-2-3-9)13(17)11-8-10(16(18)19)4-5-12(11)14/h4-5,8-9H,2-3,6-7H2,1H3. The van der Waals surface area contributed by atoms with Gasteiger partial charge in [0.15, 0.2) is 0 Å². The molecule has 0 heterocycles. The first-order chi connectivity index (χ1) is 9.54. The molecule has 1 aliphatic rings. The van der Waals surface area contributed by atoms with Crippen LogP contribution in [0.25, 0.3) is 0 Å². The zero-order valence-corrected chi connectivity index (χ0v) is 11.8. The number of ether oxygens (including phenoxy) is 1. The maximum absolute atomic E-state index is 12.5. The first-order valence-electron chi connectivity index (χ1n) is 6.28. The molecule has 0 N–H and O–H groups in total. The van der Waals surface area contributed by atoms with Gasteiger partial charge in [-0.05, 0) is 18.9 Å². The van der Waals surface area contributed by atoms with Crippen LogP contribution in [0.5, 0.6) is 0 Å². The summed E-state index contributed by atoms with van der Waals surface area (Å²) >= 11 is 6.00. The number of carbonyl (C=O) groups excluding carboxylic acids is 1. The first kappa shape index (κ1) is 14.7. The van der Waals surface area contributed by atoms with Gasteiger partial charge in [-0.1, -0.05) is 11.6 Å². The number of methoxy groups -OCH3 is 1. The van der Waals surface area contributed by atoms with E-state index in [2.05, 4.69) is 0 Å². The lowest BCUT2D eigenvalue weighted by atomic mass is 10.1. The zero-order valence-electron chi connectivity index (χ0n) is 11.0. The lowest BCUT2D eigenvalue weighted by Gasteiger charge is -2.22. The largest absolute Gasteiger partial charge is 0.383 e. The summed E-state index contributed by atoms with van der Waals surface area (Å²) in [4.78, 5) is 24.4. The fourth-order valence-corrected chi connectivity index (χ4v) is 2.17. The molecule has 0 aromatic heterocycles. The molecule has 0 saturated heterocycles. The number of hydrogen-bond acceptors (Lipinski definition) is 4. The molecule has 20 heavy (non-hydrogen) atoms. The Balaban J connectivity index is 2.25. The Labute approximate surface area is 121 Å². The Kier molecular flexibility index (Phi) is 4.57. The van der Waals surface area contributed by atoms with Gasteiger partial charge in [-0.25, -0.2) is 0 Å². The normalized spacial score (nSPS) is 14.1. The van der Waals surface area contributed by atoms with Gasteiger partial charge in [-0.3, -0.25) is 14.9 Å². The highest BCUT2D eigenvalue weighted by Crippen LogP contribution is 2.30. The summed E-state index contributed by atoms with van der Waals surface area (Å²) in [6.07, 6.45) is 1.89. The number of carbonyl (C=O) groups is 1. The van der Waals surface area contributed by atoms with Gasteiger partial charge in [0.2, 0.25) is 0 Å². The number of nitro benzene ring substituents is 1. The summed E-state index contributed by atoms with van der Waals surface area (Å²) in [6, 6.07) is 4.09. The molecule has 0 aliphatic heterocycles. The minimum atomic E-state index is -0.538. The van der Waals surface area contributed by atoms with Gasteiger partial charge in [0.25, 0.3) is 11.6 Å². The van der Waals surface area contributed by atoms with Crippen LogP contribution in [0.4, 0.5) is 5.69 Å². The fourth-order valence-electron chi connectivity index (χ4n) is 1.97. The summed E-state index contributed by atoms with van der Waals surface area (Å²) in [6.45, 7) is 0.883. The van der Waals surface area contributed by atoms with Gasteiger partial charge in [-0.2, -0.15) is 0 Å². The molecule has 1 aliphatic carbocycles. The van der Waals surface area contributed by atoms with E-state index in [0.717, 1.165) is 12.8 Å². The highest BCUT2D eigenvalue weighted by molar-refractivity contribution is 6.33. The molecule has 108 valence electrons. The number of non-ortho nitro benzene ring substituents is 1. The Morgan fingerprint density at radius 1 is 1.55 bits per heavy atom. The number of rotatable bonds is 6. The van der Waals surface area contributed by atoms with E-state index in [1.165, 1.54) is 18.2 Å². The third-order valence-corrected chi connectivity index (χ3v) is 3.51. The molecule has 0 radical (unpaired) electrons. The van der Waals surface area contributed by atoms with Crippen molar-refractivity contribution in [1.29, 1.82) is 0 Å². The molecular formula is C13H15ClN2O4. The van der Waals surface area contributed by atoms with Crippen LogP contribution in [0.1, 0.15) is 23.2 Å². The van der Waals surface area contributed by atoms with Gasteiger partial charge in [0, 0.05) is 31.8 Å². The average molecular weight is 299 g/mol. The second-order valence-corrected chi connectivity index (χ2v) is 5.05. The van der Waals surface area contributed by atoms with Crippen molar-refractivity contribution < 1.29 is 14.5 Å². The van der Waals surface area contributed by atoms with Crippen molar-refractivity contribution in [2.24, 2.45) is 0 Å². The minimum Gasteiger partial charge on any atom is -0.383 e. The van der Waals surface area contributed by atoms with Crippen LogP contribution in [-0.2, 0) is 4.74 Å². The van der Waals surface area contributed by atoms with Crippen LogP contribution in [0.2, 0.25) is 5.02 Å². The molecular weight excluding hydrogens is 284 g/mol. The van der Waals surface area contributed by atoms with Gasteiger partial charge < -0.3 is 9.64 Å². The van der Waals surface area contributed by atoms with Gasteiger partial charge in [-0.15, -0.1) is 0 Å². The van der Waals surface area contributed by atoms with Crippen molar-refractivity contribution >= 4 is 23.2 Å². The van der Waals surface area contributed by atoms with Crippen LogP contribution in [0.15, 0.2) is 18.2 Å². The maximum atomic E-state index is 12.5. The quantitative estimate of drug-likeness (QED) is 0.597. The molecule has 1 aromatic carbocycles. The van der Waals surface area contributed by atoms with Crippen molar-refractivity contribution in [3.63, 3.8) is 0 Å². The van der Waals surface area contributed by atoms with Crippen molar-refractivity contribution in [1.82, 2.24) is 4.90 Å². The predicted octanol–water partition coefficient (Wildman–Crippen LogP) is 2.50. The third-order valence-electron chi connectivity index (χ3n) is 3.18. The van der Waals surface area contributed by atoms with E-state index in [-0.39, 0.29) is 28.2 Å². The molecule has 6 nitrogen and oxygen atoms in total. The average Bonchev–Trinajstić information content (AvgIpc) is 3.23. The van der Waals surface area contributed by atoms with Crippen LogP contribution in [0, 0.1) is 10.1 Å². The second kappa shape index (κ2) is 6.19. The Hall–Kier alpha value is -1.66. The van der Waals surface area contributed by atoms with Gasteiger partial charge in [0.05, 0.1) is 22.1 Å². The van der Waals surface area contributed by atoms with Gasteiger partial charge in [0.1, 0.15) is 0 Å². The zero-order chi connectivity index (χ0) is 14.7. The summed E-state index contributed by atoms with van der Waals surface area (Å²) in [7, 11) is 1.57. The van der Waals surface area contributed by atoms with E-state index in [1.807, 2.05) is 0 Å². The number of nitrogens with zero attached hydrogens (tertiary/aromatic N) is 2. The molecule has 0 atom stereocenters. The molecule has 1 fully saturated rings. The summed E-state index contributed by atoms with van der Waals surface area (Å²) < 4.78 is 4.99. The van der Waals surface area contributed by atoms with Crippen molar-refractivity contribution in [3.8, 4) is 0 Å². The SMILES string of the molecule is COCCN(C(=O)c1cc([N+](=O)[O-])ccc1Cl)C1CC1. The lowest BCUT2D eigenvalue weighted by molar-refractivity contribution is -0.384. The number of hydrogen-bond donors (Lipinski definition) is 0. The molecule has 1 saturated carbocycles. The minimum absolute atomic E-state index is 0.139. The number of nitro groups is 1. The van der Waals surface area contributed by atoms with Crippen molar-refractivity contribution in [2.75, 3.05) is 20.3 Å². The summed E-state index contributed by atoms with van der Waals surface area (Å²) in [5, 5.41) is 11.0. The van der Waals surface area contributed by atoms with Crippen LogP contribution >= 0.6 is 11.6 Å². The van der Waals surface area contributed by atoms with E-state index in [9.17, 15) is 14.9 Å². The predicted molar refractivity (Wildman–Crippen MR) is 74.0 cm³/mol. The first-order valence-corrected chi connectivity index (χ1v) is 6.66. The molecule has 7 heteroatoms. The molecule has 1 aromatic rings. The van der Waals surface area contributed by atoms with Crippen molar-refractivity contribution in [2.45, 2.75) is 18.9 Å². The molecule has 0 spiro atoms. The third kappa shape index (κ3) is 3.26. The molecule has 0 bridgehead atoms. The highest BCUT2D eigenvalue weighted by Gasteiger charge is 2.33. The smallest absolute Gasteiger partial charge is 0.270 e. The number of benzene rings is 1. The lowest BCUT2D eigenvalue weighted by Crippen LogP contribution is -2.36. The van der Waals surface area contributed by atoms with Gasteiger partial charge >= 0.3 is 0 Å². The van der Waals surface area contributed by atoms with Crippen molar-refractivity contribution in [3.05, 3.63) is 38.9 Å². The summed E-state index contributed by atoms with van der Waals surface area (Å²) in [5.74, 6) is -0.279. The van der Waals surface area contributed by atoms with E-state index < -0.39 is 4.92 Å². The van der Waals surface area contributed by atoms with E-state index >= 15 is 0 Å². The molecule has 0 unspecified atom stereocenters. The number of halogens is 1. The fraction of sp³-hybridized carbons (Fsp3) is 0.462. The van der Waals surface area contributed by atoms with Crippen LogP contribution < -0.4 is 0 Å². The topological polar surface area (TPSA) is 72.7 Å². The summed E-state index contributed by atoms with van der Waals surface area (Å²) in [5.41, 5.74) is 0.0316. The number of amides is 1. The Morgan fingerprint density at radius 2 is 2.25 bits per heavy atom. The van der Waals surface area contributed by atoms with E-state index in [4.69, 9.17) is 16.3 Å². The second-order valence-electron chi connectivity index (χ2n) is 4.64. The molecule has 2 rings (SSSR count). The molecule has 1 amide bonds. The monoisotopic (exact) mass is 298 g/mol. The maximum Gasteiger partial charge on any atom is 0.270 e. The highest BCUT2D eigenvalue weighted by atomic mass is 35.5.